The molecule has 1 rings (SSSR count). The van der Waals surface area contributed by atoms with Crippen LogP contribution in [0.2, 0.25) is 0 Å². The van der Waals surface area contributed by atoms with E-state index in [4.69, 9.17) is 19.6 Å². The molecule has 0 unspecified atom stereocenters. The second-order valence-corrected chi connectivity index (χ2v) is 5.55. The molecule has 0 bridgehead atoms. The van der Waals surface area contributed by atoms with Gasteiger partial charge in [-0.25, -0.2) is 4.57 Å². The monoisotopic (exact) mass is 258 g/mol. The summed E-state index contributed by atoms with van der Waals surface area (Å²) in [4.78, 5) is 34.9. The number of hydrogen-bond donors (Lipinski definition) is 4. The number of hydrogen-bond acceptors (Lipinski definition) is 2. The van der Waals surface area contributed by atoms with E-state index in [2.05, 4.69) is 0 Å². The molecule has 0 spiro atoms. The van der Waals surface area contributed by atoms with E-state index in [1.807, 2.05) is 0 Å². The van der Waals surface area contributed by atoms with Crippen LogP contribution in [0.3, 0.4) is 0 Å². The van der Waals surface area contributed by atoms with Crippen molar-refractivity contribution in [2.24, 2.45) is 0 Å². The Morgan fingerprint density at radius 2 is 1.73 bits per heavy atom. The van der Waals surface area contributed by atoms with Gasteiger partial charge in [-0.3, -0.25) is 9.79 Å². The maximum atomic E-state index is 13.0. The van der Waals surface area contributed by atoms with Gasteiger partial charge in [-0.2, -0.15) is 8.96 Å². The van der Waals surface area contributed by atoms with Crippen molar-refractivity contribution in [2.45, 2.75) is 0 Å². The standard InChI is InChI=1S/C5H6FNO6P2/c6-4-2-1-3-7(15(11,12)13)5(4)14(8,9)10/h1-3H,(H3-,8,9,10,11,12,13)/p+1. The molecule has 0 fully saturated rings. The zero-order valence-corrected chi connectivity index (χ0v) is 8.85. The molecule has 1 aromatic rings. The first kappa shape index (κ1) is 12.4. The number of aromatic nitrogens is 1. The number of pyridine rings is 1. The molecular weight excluding hydrogens is 251 g/mol. The summed E-state index contributed by atoms with van der Waals surface area (Å²) in [6, 6.07) is 1.62. The molecular formula is C5H7FNO6P2+. The average Bonchev–Trinajstić information content (AvgIpc) is 1.99. The van der Waals surface area contributed by atoms with Crippen molar-refractivity contribution in [1.82, 2.24) is 0 Å². The maximum Gasteiger partial charge on any atom is 0.608 e. The largest absolute Gasteiger partial charge is 0.608 e. The number of halogens is 1. The highest BCUT2D eigenvalue weighted by Crippen LogP contribution is 2.36. The highest BCUT2D eigenvalue weighted by atomic mass is 31.2. The summed E-state index contributed by atoms with van der Waals surface area (Å²) < 4.78 is 34.6. The fourth-order valence-electron chi connectivity index (χ4n) is 0.946. The minimum absolute atomic E-state index is 0.0802. The van der Waals surface area contributed by atoms with Crippen LogP contribution in [0, 0.1) is 5.82 Å². The first-order valence-electron chi connectivity index (χ1n) is 3.46. The Labute approximate surface area is 83.2 Å². The molecule has 0 aliphatic rings. The first-order valence-corrected chi connectivity index (χ1v) is 6.64. The third kappa shape index (κ3) is 2.69. The Bertz CT molecular complexity index is 478. The highest BCUT2D eigenvalue weighted by Gasteiger charge is 2.42. The van der Waals surface area contributed by atoms with Crippen LogP contribution in [-0.4, -0.2) is 19.6 Å². The predicted octanol–water partition coefficient (Wildman–Crippen LogP) is -1.14. The fraction of sp³-hybridized carbons (Fsp3) is 0. The molecule has 0 aliphatic carbocycles. The van der Waals surface area contributed by atoms with Crippen molar-refractivity contribution >= 4 is 20.8 Å². The molecule has 15 heavy (non-hydrogen) atoms. The van der Waals surface area contributed by atoms with Gasteiger partial charge in [-0.05, 0) is 6.07 Å². The van der Waals surface area contributed by atoms with Crippen molar-refractivity contribution in [3.05, 3.63) is 24.1 Å². The Morgan fingerprint density at radius 1 is 1.20 bits per heavy atom. The van der Waals surface area contributed by atoms with Gasteiger partial charge in [0.1, 0.15) is 0 Å². The first-order chi connectivity index (χ1) is 6.64. The number of nitrogens with zero attached hydrogens (tertiary/aromatic N) is 1. The van der Waals surface area contributed by atoms with Crippen molar-refractivity contribution in [2.75, 3.05) is 0 Å². The van der Waals surface area contributed by atoms with Gasteiger partial charge in [0.25, 0.3) is 0 Å². The topological polar surface area (TPSA) is 119 Å². The molecule has 4 N–H and O–H groups in total. The SMILES string of the molecule is O=P(O)(O)c1c(F)ccc[n+]1P(=O)(O)O. The molecule has 0 saturated heterocycles. The zero-order chi connectivity index (χ0) is 11.9. The van der Waals surface area contributed by atoms with Gasteiger partial charge >= 0.3 is 20.8 Å². The Hall–Kier alpha value is -0.620. The van der Waals surface area contributed by atoms with E-state index in [0.29, 0.717) is 12.3 Å². The lowest BCUT2D eigenvalue weighted by Gasteiger charge is -2.05. The summed E-state index contributed by atoms with van der Waals surface area (Å²) in [5, 5.41) is 0. The van der Waals surface area contributed by atoms with Gasteiger partial charge in [0, 0.05) is 6.07 Å². The van der Waals surface area contributed by atoms with Crippen molar-refractivity contribution in [3.63, 3.8) is 0 Å². The summed E-state index contributed by atoms with van der Waals surface area (Å²) in [6.45, 7) is 0. The van der Waals surface area contributed by atoms with Gasteiger partial charge < -0.3 is 9.79 Å². The molecule has 1 aromatic heterocycles. The van der Waals surface area contributed by atoms with Crippen LogP contribution in [0.25, 0.3) is 0 Å². The Balaban J connectivity index is 3.63. The molecule has 0 aromatic carbocycles. The van der Waals surface area contributed by atoms with Gasteiger partial charge in [-0.1, -0.05) is 4.34 Å². The molecule has 0 amide bonds. The lowest BCUT2D eigenvalue weighted by molar-refractivity contribution is -0.521. The molecule has 0 atom stereocenters. The molecule has 1 heterocycles. The zero-order valence-electron chi connectivity index (χ0n) is 7.06. The van der Waals surface area contributed by atoms with E-state index >= 15 is 0 Å². The van der Waals surface area contributed by atoms with Gasteiger partial charge in [0.05, 0.1) is 0 Å². The summed E-state index contributed by atoms with van der Waals surface area (Å²) in [6.07, 6.45) is 0.693. The van der Waals surface area contributed by atoms with Crippen LogP contribution in [-0.2, 0) is 9.13 Å². The molecule has 0 aliphatic heterocycles. The van der Waals surface area contributed by atoms with Crippen LogP contribution in [0.5, 0.6) is 0 Å². The van der Waals surface area contributed by atoms with Crippen molar-refractivity contribution in [3.8, 4) is 0 Å². The lowest BCUT2D eigenvalue weighted by Crippen LogP contribution is -2.47. The molecule has 0 saturated carbocycles. The second-order valence-electron chi connectivity index (χ2n) is 2.58. The predicted molar refractivity (Wildman–Crippen MR) is 45.7 cm³/mol. The third-order valence-electron chi connectivity index (χ3n) is 1.46. The lowest BCUT2D eigenvalue weighted by atomic mass is 10.5. The summed E-state index contributed by atoms with van der Waals surface area (Å²) >= 11 is 0. The van der Waals surface area contributed by atoms with E-state index in [0.717, 1.165) is 6.07 Å². The van der Waals surface area contributed by atoms with E-state index < -0.39 is 26.6 Å². The summed E-state index contributed by atoms with van der Waals surface area (Å²) in [7, 11) is -10.1. The Kier molecular flexibility index (Phi) is 3.11. The van der Waals surface area contributed by atoms with Crippen molar-refractivity contribution in [1.29, 1.82) is 0 Å². The molecule has 0 radical (unpaired) electrons. The normalized spacial score (nSPS) is 12.9. The molecule has 7 nitrogen and oxygen atoms in total. The van der Waals surface area contributed by atoms with Crippen LogP contribution in [0.4, 0.5) is 4.39 Å². The molecule has 84 valence electrons. The maximum absolute atomic E-state index is 13.0. The smallest absolute Gasteiger partial charge is 0.317 e. The van der Waals surface area contributed by atoms with Gasteiger partial charge in [-0.15, -0.1) is 0 Å². The minimum Gasteiger partial charge on any atom is -0.317 e. The van der Waals surface area contributed by atoms with E-state index in [1.165, 1.54) is 0 Å². The van der Waals surface area contributed by atoms with Crippen LogP contribution < -0.4 is 9.77 Å². The van der Waals surface area contributed by atoms with Crippen LogP contribution >= 0.6 is 15.3 Å². The third-order valence-corrected chi connectivity index (χ3v) is 3.49. The van der Waals surface area contributed by atoms with Crippen LogP contribution in [0.15, 0.2) is 18.3 Å². The average molecular weight is 258 g/mol. The van der Waals surface area contributed by atoms with Crippen molar-refractivity contribution < 1.29 is 37.4 Å². The quantitative estimate of drug-likeness (QED) is 0.498. The highest BCUT2D eigenvalue weighted by molar-refractivity contribution is 7.60. The summed E-state index contributed by atoms with van der Waals surface area (Å²) in [5.74, 6) is -1.38. The van der Waals surface area contributed by atoms with E-state index in [9.17, 15) is 13.5 Å². The van der Waals surface area contributed by atoms with Gasteiger partial charge in [0.2, 0.25) is 5.82 Å². The number of rotatable bonds is 2. The Morgan fingerprint density at radius 3 is 2.07 bits per heavy atom. The summed E-state index contributed by atoms with van der Waals surface area (Å²) in [5.41, 5.74) is -1.33. The fourth-order valence-corrected chi connectivity index (χ4v) is 2.92. The molecule has 10 heteroatoms. The van der Waals surface area contributed by atoms with E-state index in [-0.39, 0.29) is 4.34 Å². The minimum atomic E-state index is -5.09. The second kappa shape index (κ2) is 3.75. The van der Waals surface area contributed by atoms with Gasteiger partial charge in [0.15, 0.2) is 6.20 Å². The van der Waals surface area contributed by atoms with E-state index in [1.54, 1.807) is 0 Å². The van der Waals surface area contributed by atoms with Crippen LogP contribution in [0.1, 0.15) is 0 Å².